The maximum absolute atomic E-state index is 11.9. The first-order valence-electron chi connectivity index (χ1n) is 7.41. The van der Waals surface area contributed by atoms with Crippen LogP contribution in [0.3, 0.4) is 0 Å². The standard InChI is InChI=1S/C16H19N3O3S/c1-4-22-11-6-5-10(7-12(11)21-3)15-14-9(2)18-19-16(14)17-13(20)8-23-15/h5-7,15H,4,8H2,1-3H3,(H2,17,18,19,20)/t15-/m1/s1. The number of aromatic nitrogens is 2. The van der Waals surface area contributed by atoms with Gasteiger partial charge in [0.2, 0.25) is 5.91 Å². The lowest BCUT2D eigenvalue weighted by molar-refractivity contribution is -0.113. The number of amides is 1. The summed E-state index contributed by atoms with van der Waals surface area (Å²) < 4.78 is 11.0. The fourth-order valence-corrected chi connectivity index (χ4v) is 3.83. The van der Waals surface area contributed by atoms with Crippen LogP contribution in [0.15, 0.2) is 18.2 Å². The van der Waals surface area contributed by atoms with Gasteiger partial charge in [0.1, 0.15) is 0 Å². The van der Waals surface area contributed by atoms with Crippen LogP contribution in [-0.2, 0) is 4.79 Å². The van der Waals surface area contributed by atoms with E-state index in [2.05, 4.69) is 15.5 Å². The number of hydrogen-bond donors (Lipinski definition) is 2. The number of methoxy groups -OCH3 is 1. The van der Waals surface area contributed by atoms with Crippen LogP contribution in [0.5, 0.6) is 11.5 Å². The van der Waals surface area contributed by atoms with Crippen LogP contribution in [0.25, 0.3) is 0 Å². The number of fused-ring (bicyclic) bond motifs is 1. The highest BCUT2D eigenvalue weighted by Crippen LogP contribution is 2.44. The second-order valence-electron chi connectivity index (χ2n) is 5.19. The molecule has 1 aliphatic rings. The Labute approximate surface area is 138 Å². The van der Waals surface area contributed by atoms with Crippen LogP contribution in [-0.4, -0.2) is 35.6 Å². The second kappa shape index (κ2) is 6.54. The summed E-state index contributed by atoms with van der Waals surface area (Å²) in [5, 5.41) is 10.0. The summed E-state index contributed by atoms with van der Waals surface area (Å²) in [6.07, 6.45) is 0. The number of benzene rings is 1. The quantitative estimate of drug-likeness (QED) is 0.900. The molecule has 2 aromatic rings. The molecular weight excluding hydrogens is 314 g/mol. The third-order valence-corrected chi connectivity index (χ3v) is 4.96. The summed E-state index contributed by atoms with van der Waals surface area (Å²) in [4.78, 5) is 11.9. The van der Waals surface area contributed by atoms with Gasteiger partial charge in [-0.3, -0.25) is 9.89 Å². The van der Waals surface area contributed by atoms with Gasteiger partial charge in [0.05, 0.1) is 24.7 Å². The molecule has 0 fully saturated rings. The van der Waals surface area contributed by atoms with E-state index in [1.54, 1.807) is 18.9 Å². The van der Waals surface area contributed by atoms with Crippen LogP contribution in [0.2, 0.25) is 0 Å². The van der Waals surface area contributed by atoms with Crippen molar-refractivity contribution in [2.75, 3.05) is 24.8 Å². The molecular formula is C16H19N3O3S. The maximum atomic E-state index is 11.9. The molecule has 0 bridgehead atoms. The van der Waals surface area contributed by atoms with E-state index < -0.39 is 0 Å². The summed E-state index contributed by atoms with van der Waals surface area (Å²) in [6.45, 7) is 4.48. The van der Waals surface area contributed by atoms with E-state index in [0.717, 1.165) is 22.6 Å². The van der Waals surface area contributed by atoms with Crippen molar-refractivity contribution in [2.24, 2.45) is 0 Å². The Kier molecular flexibility index (Phi) is 4.47. The molecule has 6 nitrogen and oxygen atoms in total. The number of carbonyl (C=O) groups excluding carboxylic acids is 1. The highest BCUT2D eigenvalue weighted by atomic mass is 32.2. The average Bonchev–Trinajstić information content (AvgIpc) is 2.80. The van der Waals surface area contributed by atoms with Gasteiger partial charge in [-0.1, -0.05) is 6.07 Å². The molecule has 0 spiro atoms. The predicted octanol–water partition coefficient (Wildman–Crippen LogP) is 2.90. The van der Waals surface area contributed by atoms with Crippen molar-refractivity contribution in [3.63, 3.8) is 0 Å². The fourth-order valence-electron chi connectivity index (χ4n) is 2.65. The molecule has 3 rings (SSSR count). The predicted molar refractivity (Wildman–Crippen MR) is 90.4 cm³/mol. The zero-order valence-corrected chi connectivity index (χ0v) is 14.1. The molecule has 0 aliphatic carbocycles. The topological polar surface area (TPSA) is 76.2 Å². The number of carbonyl (C=O) groups is 1. The van der Waals surface area contributed by atoms with Gasteiger partial charge in [-0.15, -0.1) is 11.8 Å². The molecule has 1 aliphatic heterocycles. The van der Waals surface area contributed by atoms with Crippen LogP contribution < -0.4 is 14.8 Å². The molecule has 1 amide bonds. The van der Waals surface area contributed by atoms with Crippen molar-refractivity contribution in [2.45, 2.75) is 19.1 Å². The fraction of sp³-hybridized carbons (Fsp3) is 0.375. The lowest BCUT2D eigenvalue weighted by atomic mass is 10.0. The minimum Gasteiger partial charge on any atom is -0.493 e. The number of hydrogen-bond acceptors (Lipinski definition) is 5. The summed E-state index contributed by atoms with van der Waals surface area (Å²) in [7, 11) is 1.63. The van der Waals surface area contributed by atoms with Crippen molar-refractivity contribution in [3.8, 4) is 11.5 Å². The monoisotopic (exact) mass is 333 g/mol. The molecule has 23 heavy (non-hydrogen) atoms. The SMILES string of the molecule is CCOc1ccc([C@H]2SCC(=O)Nc3n[nH]c(C)c32)cc1OC. The van der Waals surface area contributed by atoms with E-state index >= 15 is 0 Å². The number of nitrogens with zero attached hydrogens (tertiary/aromatic N) is 1. The number of aromatic amines is 1. The van der Waals surface area contributed by atoms with E-state index in [0.29, 0.717) is 23.9 Å². The van der Waals surface area contributed by atoms with Gasteiger partial charge < -0.3 is 14.8 Å². The summed E-state index contributed by atoms with van der Waals surface area (Å²) in [5.41, 5.74) is 3.01. The van der Waals surface area contributed by atoms with Gasteiger partial charge in [-0.2, -0.15) is 5.10 Å². The van der Waals surface area contributed by atoms with Crippen LogP contribution in [0.1, 0.15) is 29.0 Å². The lowest BCUT2D eigenvalue weighted by Crippen LogP contribution is -2.12. The van der Waals surface area contributed by atoms with E-state index in [1.165, 1.54) is 0 Å². The van der Waals surface area contributed by atoms with Gasteiger partial charge in [0.25, 0.3) is 0 Å². The van der Waals surface area contributed by atoms with Crippen molar-refractivity contribution in [3.05, 3.63) is 35.0 Å². The van der Waals surface area contributed by atoms with E-state index in [-0.39, 0.29) is 11.2 Å². The molecule has 122 valence electrons. The Morgan fingerprint density at radius 2 is 2.22 bits per heavy atom. The Hall–Kier alpha value is -2.15. The molecule has 2 N–H and O–H groups in total. The summed E-state index contributed by atoms with van der Waals surface area (Å²) >= 11 is 1.58. The largest absolute Gasteiger partial charge is 0.493 e. The van der Waals surface area contributed by atoms with Gasteiger partial charge in [0, 0.05) is 11.3 Å². The smallest absolute Gasteiger partial charge is 0.235 e. The Balaban J connectivity index is 2.04. The first-order chi connectivity index (χ1) is 11.1. The molecule has 0 saturated heterocycles. The third kappa shape index (κ3) is 3.01. The number of rotatable bonds is 4. The summed E-state index contributed by atoms with van der Waals surface area (Å²) in [6, 6.07) is 5.89. The van der Waals surface area contributed by atoms with Crippen LogP contribution >= 0.6 is 11.8 Å². The molecule has 2 heterocycles. The third-order valence-electron chi connectivity index (χ3n) is 3.69. The Morgan fingerprint density at radius 1 is 1.39 bits per heavy atom. The zero-order valence-electron chi connectivity index (χ0n) is 13.3. The van der Waals surface area contributed by atoms with Crippen molar-refractivity contribution < 1.29 is 14.3 Å². The van der Waals surface area contributed by atoms with Crippen molar-refractivity contribution in [1.29, 1.82) is 0 Å². The van der Waals surface area contributed by atoms with Gasteiger partial charge >= 0.3 is 0 Å². The van der Waals surface area contributed by atoms with E-state index in [9.17, 15) is 4.79 Å². The molecule has 7 heteroatoms. The number of nitrogens with one attached hydrogen (secondary N) is 2. The minimum absolute atomic E-state index is 0.00674. The molecule has 1 atom stereocenters. The average molecular weight is 333 g/mol. The Morgan fingerprint density at radius 3 is 2.96 bits per heavy atom. The second-order valence-corrected chi connectivity index (χ2v) is 6.29. The number of H-pyrrole nitrogens is 1. The molecule has 1 aromatic heterocycles. The molecule has 1 aromatic carbocycles. The van der Waals surface area contributed by atoms with Gasteiger partial charge in [-0.25, -0.2) is 0 Å². The number of ether oxygens (including phenoxy) is 2. The first kappa shape index (κ1) is 15.7. The van der Waals surface area contributed by atoms with Gasteiger partial charge in [-0.05, 0) is 31.5 Å². The normalized spacial score (nSPS) is 17.2. The number of thioether (sulfide) groups is 1. The zero-order chi connectivity index (χ0) is 16.4. The van der Waals surface area contributed by atoms with Crippen molar-refractivity contribution in [1.82, 2.24) is 10.2 Å². The number of aryl methyl sites for hydroxylation is 1. The van der Waals surface area contributed by atoms with Crippen LogP contribution in [0.4, 0.5) is 5.82 Å². The van der Waals surface area contributed by atoms with E-state index in [4.69, 9.17) is 9.47 Å². The van der Waals surface area contributed by atoms with Crippen LogP contribution in [0, 0.1) is 6.92 Å². The first-order valence-corrected chi connectivity index (χ1v) is 8.46. The molecule has 0 saturated carbocycles. The lowest BCUT2D eigenvalue weighted by Gasteiger charge is -2.17. The Bertz CT molecular complexity index is 729. The highest BCUT2D eigenvalue weighted by Gasteiger charge is 2.28. The maximum Gasteiger partial charge on any atom is 0.235 e. The van der Waals surface area contributed by atoms with Gasteiger partial charge in [0.15, 0.2) is 17.3 Å². The summed E-state index contributed by atoms with van der Waals surface area (Å²) in [5.74, 6) is 2.36. The molecule has 0 radical (unpaired) electrons. The number of anilines is 1. The minimum atomic E-state index is -0.0387. The van der Waals surface area contributed by atoms with E-state index in [1.807, 2.05) is 32.0 Å². The van der Waals surface area contributed by atoms with Crippen molar-refractivity contribution >= 4 is 23.5 Å². The highest BCUT2D eigenvalue weighted by molar-refractivity contribution is 8.00. The molecule has 0 unspecified atom stereocenters.